The van der Waals surface area contributed by atoms with Crippen LogP contribution in [0.25, 0.3) is 0 Å². The van der Waals surface area contributed by atoms with Crippen LogP contribution >= 0.6 is 0 Å². The molecule has 20 heavy (non-hydrogen) atoms. The second-order valence-corrected chi connectivity index (χ2v) is 5.51. The van der Waals surface area contributed by atoms with Crippen LogP contribution < -0.4 is 5.32 Å². The van der Waals surface area contributed by atoms with Gasteiger partial charge in [-0.3, -0.25) is 0 Å². The average Bonchev–Trinajstić information content (AvgIpc) is 2.36. The molecule has 106 valence electrons. The van der Waals surface area contributed by atoms with Crippen molar-refractivity contribution in [2.24, 2.45) is 0 Å². The van der Waals surface area contributed by atoms with Gasteiger partial charge in [-0.1, -0.05) is 29.3 Å². The molecule has 0 saturated heterocycles. The predicted molar refractivity (Wildman–Crippen MR) is 83.0 cm³/mol. The van der Waals surface area contributed by atoms with Crippen LogP contribution in [0.1, 0.15) is 46.7 Å². The van der Waals surface area contributed by atoms with Crippen molar-refractivity contribution < 1.29 is 0 Å². The maximum absolute atomic E-state index is 4.65. The molecular weight excluding hydrogens is 246 g/mol. The first-order valence-electron chi connectivity index (χ1n) is 7.06. The third kappa shape index (κ3) is 3.42. The van der Waals surface area contributed by atoms with Gasteiger partial charge in [0, 0.05) is 29.9 Å². The van der Waals surface area contributed by atoms with Crippen LogP contribution in [0.4, 0.5) is 0 Å². The Morgan fingerprint density at radius 1 is 1.10 bits per heavy atom. The van der Waals surface area contributed by atoms with E-state index in [9.17, 15) is 0 Å². The number of nitrogens with one attached hydrogen (secondary N) is 1. The lowest BCUT2D eigenvalue weighted by atomic mass is 10.0. The zero-order valence-corrected chi connectivity index (χ0v) is 13.0. The van der Waals surface area contributed by atoms with E-state index in [0.717, 1.165) is 23.5 Å². The van der Waals surface area contributed by atoms with E-state index in [1.165, 1.54) is 16.7 Å². The molecule has 2 rings (SSSR count). The molecule has 3 nitrogen and oxygen atoms in total. The topological polar surface area (TPSA) is 37.8 Å². The summed E-state index contributed by atoms with van der Waals surface area (Å²) in [6.07, 6.45) is 2.74. The monoisotopic (exact) mass is 269 g/mol. The highest BCUT2D eigenvalue weighted by atomic mass is 14.9. The number of hydrogen-bond acceptors (Lipinski definition) is 3. The van der Waals surface area contributed by atoms with Crippen molar-refractivity contribution in [3.63, 3.8) is 0 Å². The van der Waals surface area contributed by atoms with Gasteiger partial charge in [0.1, 0.15) is 5.82 Å². The Balaban J connectivity index is 2.24. The molecule has 0 saturated carbocycles. The molecule has 0 bridgehead atoms. The largest absolute Gasteiger partial charge is 0.313 e. The summed E-state index contributed by atoms with van der Waals surface area (Å²) in [4.78, 5) is 9.16. The van der Waals surface area contributed by atoms with E-state index in [4.69, 9.17) is 0 Å². The maximum atomic E-state index is 4.65. The fourth-order valence-corrected chi connectivity index (χ4v) is 2.54. The van der Waals surface area contributed by atoms with Crippen molar-refractivity contribution in [3.05, 3.63) is 58.2 Å². The Kier molecular flexibility index (Phi) is 4.50. The summed E-state index contributed by atoms with van der Waals surface area (Å²) in [6.45, 7) is 8.42. The summed E-state index contributed by atoms with van der Waals surface area (Å²) in [5.41, 5.74) is 6.07. The molecular formula is C17H23N3. The zero-order valence-electron chi connectivity index (χ0n) is 13.0. The number of aryl methyl sites for hydroxylation is 3. The number of rotatable bonds is 4. The average molecular weight is 269 g/mol. The van der Waals surface area contributed by atoms with Crippen molar-refractivity contribution in [3.8, 4) is 0 Å². The fraction of sp³-hybridized carbons (Fsp3) is 0.412. The lowest BCUT2D eigenvalue weighted by Crippen LogP contribution is -2.15. The number of nitrogens with zero attached hydrogens (tertiary/aromatic N) is 2. The van der Waals surface area contributed by atoms with Crippen LogP contribution in [-0.2, 0) is 6.42 Å². The van der Waals surface area contributed by atoms with Crippen LogP contribution in [0.5, 0.6) is 0 Å². The Morgan fingerprint density at radius 2 is 1.75 bits per heavy atom. The van der Waals surface area contributed by atoms with Gasteiger partial charge in [-0.2, -0.15) is 0 Å². The summed E-state index contributed by atoms with van der Waals surface area (Å²) < 4.78 is 0. The van der Waals surface area contributed by atoms with Crippen LogP contribution in [0.15, 0.2) is 24.4 Å². The van der Waals surface area contributed by atoms with Crippen LogP contribution in [0.3, 0.4) is 0 Å². The molecule has 3 heteroatoms. The summed E-state index contributed by atoms with van der Waals surface area (Å²) >= 11 is 0. The van der Waals surface area contributed by atoms with Gasteiger partial charge in [0.15, 0.2) is 0 Å². The molecule has 1 aromatic heterocycles. The van der Waals surface area contributed by atoms with Gasteiger partial charge in [-0.15, -0.1) is 0 Å². The Labute approximate surface area is 121 Å². The normalized spacial score (nSPS) is 12.4. The first-order valence-corrected chi connectivity index (χ1v) is 7.06. The molecule has 0 radical (unpaired) electrons. The summed E-state index contributed by atoms with van der Waals surface area (Å²) in [5.74, 6) is 0.888. The van der Waals surface area contributed by atoms with Crippen molar-refractivity contribution >= 4 is 0 Å². The third-order valence-electron chi connectivity index (χ3n) is 3.61. The summed E-state index contributed by atoms with van der Waals surface area (Å²) in [6, 6.07) is 6.88. The smallest absolute Gasteiger partial charge is 0.132 e. The van der Waals surface area contributed by atoms with Gasteiger partial charge in [0.05, 0.1) is 0 Å². The number of aromatic nitrogens is 2. The Hall–Kier alpha value is -1.74. The first kappa shape index (κ1) is 14.7. The molecule has 1 aromatic carbocycles. The van der Waals surface area contributed by atoms with Gasteiger partial charge in [-0.25, -0.2) is 9.97 Å². The number of benzene rings is 1. The Morgan fingerprint density at radius 3 is 2.30 bits per heavy atom. The molecule has 0 aliphatic heterocycles. The molecule has 1 N–H and O–H groups in total. The van der Waals surface area contributed by atoms with Gasteiger partial charge in [-0.05, 0) is 40.3 Å². The lowest BCUT2D eigenvalue weighted by molar-refractivity contribution is 0.638. The minimum Gasteiger partial charge on any atom is -0.313 e. The van der Waals surface area contributed by atoms with Crippen LogP contribution in [-0.4, -0.2) is 17.0 Å². The van der Waals surface area contributed by atoms with E-state index in [2.05, 4.69) is 61.2 Å². The molecule has 1 unspecified atom stereocenters. The third-order valence-corrected chi connectivity index (χ3v) is 3.61. The fourth-order valence-electron chi connectivity index (χ4n) is 2.54. The quantitative estimate of drug-likeness (QED) is 0.925. The molecule has 0 aliphatic carbocycles. The highest BCUT2D eigenvalue weighted by Crippen LogP contribution is 2.16. The highest BCUT2D eigenvalue weighted by molar-refractivity contribution is 5.31. The number of hydrogen-bond donors (Lipinski definition) is 1. The van der Waals surface area contributed by atoms with E-state index in [1.807, 2.05) is 13.2 Å². The predicted octanol–water partition coefficient (Wildman–Crippen LogP) is 3.27. The van der Waals surface area contributed by atoms with Gasteiger partial charge >= 0.3 is 0 Å². The van der Waals surface area contributed by atoms with Gasteiger partial charge in [0.25, 0.3) is 0 Å². The first-order chi connectivity index (χ1) is 9.49. The van der Waals surface area contributed by atoms with Gasteiger partial charge in [0.2, 0.25) is 0 Å². The van der Waals surface area contributed by atoms with E-state index in [0.29, 0.717) is 0 Å². The molecule has 1 atom stereocenters. The van der Waals surface area contributed by atoms with Gasteiger partial charge < -0.3 is 5.32 Å². The maximum Gasteiger partial charge on any atom is 0.132 e. The summed E-state index contributed by atoms with van der Waals surface area (Å²) in [7, 11) is 1.95. The second kappa shape index (κ2) is 6.14. The molecule has 1 heterocycles. The molecule has 0 aliphatic rings. The van der Waals surface area contributed by atoms with Crippen molar-refractivity contribution in [1.82, 2.24) is 15.3 Å². The SMILES string of the molecule is CNC(C)c1cnc(Cc2cc(C)cc(C)c2)nc1C. The summed E-state index contributed by atoms with van der Waals surface area (Å²) in [5, 5.41) is 3.23. The van der Waals surface area contributed by atoms with Crippen molar-refractivity contribution in [1.29, 1.82) is 0 Å². The molecule has 0 fully saturated rings. The molecule has 0 spiro atoms. The van der Waals surface area contributed by atoms with E-state index >= 15 is 0 Å². The lowest BCUT2D eigenvalue weighted by Gasteiger charge is -2.13. The van der Waals surface area contributed by atoms with Crippen LogP contribution in [0, 0.1) is 20.8 Å². The second-order valence-electron chi connectivity index (χ2n) is 5.51. The standard InChI is InChI=1S/C17H23N3/c1-11-6-12(2)8-15(7-11)9-17-19-10-16(13(3)18-5)14(4)20-17/h6-8,10,13,18H,9H2,1-5H3. The highest BCUT2D eigenvalue weighted by Gasteiger charge is 2.09. The van der Waals surface area contributed by atoms with Crippen LogP contribution in [0.2, 0.25) is 0 Å². The van der Waals surface area contributed by atoms with E-state index in [1.54, 1.807) is 0 Å². The van der Waals surface area contributed by atoms with Crippen molar-refractivity contribution in [2.45, 2.75) is 40.2 Å². The van der Waals surface area contributed by atoms with Crippen molar-refractivity contribution in [2.75, 3.05) is 7.05 Å². The minimum absolute atomic E-state index is 0.283. The Bertz CT molecular complexity index is 585. The minimum atomic E-state index is 0.283. The van der Waals surface area contributed by atoms with E-state index < -0.39 is 0 Å². The molecule has 0 amide bonds. The van der Waals surface area contributed by atoms with E-state index in [-0.39, 0.29) is 6.04 Å². The molecule has 2 aromatic rings. The zero-order chi connectivity index (χ0) is 14.7.